The van der Waals surface area contributed by atoms with Crippen molar-refractivity contribution in [3.63, 3.8) is 0 Å². The molecule has 0 unspecified atom stereocenters. The first kappa shape index (κ1) is 18.4. The Bertz CT molecular complexity index is 974. The monoisotopic (exact) mass is 374 g/mol. The number of hydrogen-bond acceptors (Lipinski definition) is 3. The summed E-state index contributed by atoms with van der Waals surface area (Å²) in [6.07, 6.45) is 7.55. The van der Waals surface area contributed by atoms with Crippen LogP contribution in [0.15, 0.2) is 55.0 Å². The van der Waals surface area contributed by atoms with E-state index in [1.807, 2.05) is 23.0 Å². The Morgan fingerprint density at radius 2 is 2.00 bits per heavy atom. The largest absolute Gasteiger partial charge is 0.349 e. The van der Waals surface area contributed by atoms with E-state index >= 15 is 0 Å². The molecular weight excluding hydrogens is 348 g/mol. The van der Waals surface area contributed by atoms with Crippen molar-refractivity contribution >= 4 is 5.91 Å². The summed E-state index contributed by atoms with van der Waals surface area (Å²) in [4.78, 5) is 16.7. The second kappa shape index (κ2) is 7.23. The number of nitrogens with one attached hydrogen (secondary N) is 1. The second-order valence-electron chi connectivity index (χ2n) is 8.50. The lowest BCUT2D eigenvalue weighted by atomic mass is 9.74. The van der Waals surface area contributed by atoms with Crippen molar-refractivity contribution in [2.75, 3.05) is 0 Å². The van der Waals surface area contributed by atoms with Crippen LogP contribution in [0.25, 0.3) is 5.69 Å². The number of carbonyl (C=O) groups is 1. The number of pyridine rings is 1. The number of aryl methyl sites for hydroxylation is 1. The third kappa shape index (κ3) is 3.84. The summed E-state index contributed by atoms with van der Waals surface area (Å²) in [5.41, 5.74) is 5.61. The molecule has 5 nitrogen and oxygen atoms in total. The molecule has 28 heavy (non-hydrogen) atoms. The molecule has 0 radical (unpaired) electrons. The van der Waals surface area contributed by atoms with E-state index in [1.165, 1.54) is 11.3 Å². The van der Waals surface area contributed by atoms with Crippen molar-refractivity contribution in [3.05, 3.63) is 77.4 Å². The third-order valence-corrected chi connectivity index (χ3v) is 5.38. The predicted molar refractivity (Wildman–Crippen MR) is 109 cm³/mol. The van der Waals surface area contributed by atoms with E-state index < -0.39 is 0 Å². The molecule has 2 heterocycles. The number of rotatable bonds is 4. The Labute approximate surface area is 165 Å². The van der Waals surface area contributed by atoms with Crippen molar-refractivity contribution < 1.29 is 4.79 Å². The lowest BCUT2D eigenvalue weighted by Gasteiger charge is -2.36. The van der Waals surface area contributed by atoms with Crippen LogP contribution in [0.5, 0.6) is 0 Å². The van der Waals surface area contributed by atoms with Crippen LogP contribution in [-0.2, 0) is 17.6 Å². The van der Waals surface area contributed by atoms with Crippen LogP contribution in [0.4, 0.5) is 0 Å². The lowest BCUT2D eigenvalue weighted by molar-refractivity contribution is -0.121. The van der Waals surface area contributed by atoms with Gasteiger partial charge in [0.2, 0.25) is 5.91 Å². The molecule has 0 bridgehead atoms. The molecule has 4 rings (SSSR count). The van der Waals surface area contributed by atoms with Gasteiger partial charge in [0.1, 0.15) is 0 Å². The van der Waals surface area contributed by atoms with Crippen LogP contribution >= 0.6 is 0 Å². The van der Waals surface area contributed by atoms with Crippen molar-refractivity contribution in [1.29, 1.82) is 0 Å². The van der Waals surface area contributed by atoms with Gasteiger partial charge in [0.25, 0.3) is 0 Å². The maximum Gasteiger partial charge on any atom is 0.224 e. The molecule has 0 spiro atoms. The first-order valence-corrected chi connectivity index (χ1v) is 9.73. The van der Waals surface area contributed by atoms with Crippen LogP contribution < -0.4 is 5.32 Å². The average molecular weight is 374 g/mol. The van der Waals surface area contributed by atoms with E-state index in [1.54, 1.807) is 12.4 Å². The summed E-state index contributed by atoms with van der Waals surface area (Å²) < 4.78 is 2.02. The minimum atomic E-state index is -0.0258. The zero-order valence-electron chi connectivity index (χ0n) is 16.6. The lowest BCUT2D eigenvalue weighted by Crippen LogP contribution is -2.37. The highest BCUT2D eigenvalue weighted by Crippen LogP contribution is 2.41. The zero-order valence-corrected chi connectivity index (χ0v) is 16.6. The Morgan fingerprint density at radius 3 is 2.71 bits per heavy atom. The number of carbonyl (C=O) groups excluding carboxylic acids is 1. The number of aromatic nitrogens is 3. The summed E-state index contributed by atoms with van der Waals surface area (Å²) in [5.74, 6) is 0.0183. The highest BCUT2D eigenvalue weighted by atomic mass is 16.1. The highest BCUT2D eigenvalue weighted by Gasteiger charge is 2.36. The Kier molecular flexibility index (Phi) is 4.75. The summed E-state index contributed by atoms with van der Waals surface area (Å²) in [6, 6.07) is 12.2. The Hall–Kier alpha value is -2.95. The minimum absolute atomic E-state index is 0.0183. The van der Waals surface area contributed by atoms with E-state index in [2.05, 4.69) is 60.4 Å². The zero-order chi connectivity index (χ0) is 19.7. The average Bonchev–Trinajstić information content (AvgIpc) is 3.06. The fourth-order valence-electron chi connectivity index (χ4n) is 4.01. The van der Waals surface area contributed by atoms with Crippen LogP contribution in [0.2, 0.25) is 0 Å². The van der Waals surface area contributed by atoms with Gasteiger partial charge in [-0.15, -0.1) is 0 Å². The molecule has 1 aromatic carbocycles. The number of nitrogens with zero attached hydrogens (tertiary/aromatic N) is 3. The predicted octanol–water partition coefficient (Wildman–Crippen LogP) is 3.95. The van der Waals surface area contributed by atoms with Crippen LogP contribution in [0.1, 0.15) is 48.7 Å². The van der Waals surface area contributed by atoms with Gasteiger partial charge in [-0.3, -0.25) is 9.78 Å². The van der Waals surface area contributed by atoms with Gasteiger partial charge in [-0.2, -0.15) is 5.10 Å². The first-order chi connectivity index (χ1) is 13.4. The highest BCUT2D eigenvalue weighted by molar-refractivity contribution is 5.79. The molecule has 0 aliphatic heterocycles. The van der Waals surface area contributed by atoms with E-state index in [4.69, 9.17) is 0 Å². The first-order valence-electron chi connectivity index (χ1n) is 9.73. The molecule has 1 N–H and O–H groups in total. The molecule has 3 aromatic rings. The van der Waals surface area contributed by atoms with E-state index in [-0.39, 0.29) is 17.4 Å². The quantitative estimate of drug-likeness (QED) is 0.752. The molecule has 1 atom stereocenters. The van der Waals surface area contributed by atoms with Crippen molar-refractivity contribution in [2.24, 2.45) is 5.41 Å². The van der Waals surface area contributed by atoms with E-state index in [0.717, 1.165) is 29.7 Å². The smallest absolute Gasteiger partial charge is 0.224 e. The van der Waals surface area contributed by atoms with Gasteiger partial charge >= 0.3 is 0 Å². The fraction of sp³-hybridized carbons (Fsp3) is 0.348. The van der Waals surface area contributed by atoms with Crippen molar-refractivity contribution in [1.82, 2.24) is 20.1 Å². The normalized spacial score (nSPS) is 17.8. The molecule has 144 valence electrons. The van der Waals surface area contributed by atoms with Gasteiger partial charge in [-0.1, -0.05) is 37.6 Å². The second-order valence-corrected chi connectivity index (χ2v) is 8.50. The summed E-state index contributed by atoms with van der Waals surface area (Å²) in [5, 5.41) is 7.89. The molecule has 2 aromatic heterocycles. The molecule has 1 aliphatic rings. The summed E-state index contributed by atoms with van der Waals surface area (Å²) in [7, 11) is 0. The molecule has 1 aliphatic carbocycles. The van der Waals surface area contributed by atoms with Crippen LogP contribution in [0.3, 0.4) is 0 Å². The standard InChI is InChI=1S/C23H26N4O/c1-16-6-8-18(9-7-16)27-21-13-23(2,3)12-20(19(21)15-25-27)26-22(28)11-17-5-4-10-24-14-17/h4-10,14-15,20H,11-13H2,1-3H3,(H,26,28)/t20-/m0/s1. The number of fused-ring (bicyclic) bond motifs is 1. The Balaban J connectivity index is 1.60. The van der Waals surface area contributed by atoms with Gasteiger partial charge in [-0.05, 0) is 48.9 Å². The van der Waals surface area contributed by atoms with Gasteiger partial charge in [0.15, 0.2) is 0 Å². The third-order valence-electron chi connectivity index (χ3n) is 5.38. The molecule has 0 saturated heterocycles. The topological polar surface area (TPSA) is 59.8 Å². The SMILES string of the molecule is Cc1ccc(-n2ncc3c2CC(C)(C)C[C@@H]3NC(=O)Cc2cccnc2)cc1. The summed E-state index contributed by atoms with van der Waals surface area (Å²) >= 11 is 0. The molecule has 1 amide bonds. The van der Waals surface area contributed by atoms with Gasteiger partial charge in [0, 0.05) is 18.0 Å². The molecular formula is C23H26N4O. The maximum atomic E-state index is 12.6. The van der Waals surface area contributed by atoms with E-state index in [9.17, 15) is 4.79 Å². The van der Waals surface area contributed by atoms with Gasteiger partial charge in [0.05, 0.1) is 30.0 Å². The van der Waals surface area contributed by atoms with Crippen LogP contribution in [0, 0.1) is 12.3 Å². The number of amides is 1. The fourth-order valence-corrected chi connectivity index (χ4v) is 4.01. The Morgan fingerprint density at radius 1 is 1.21 bits per heavy atom. The van der Waals surface area contributed by atoms with Crippen molar-refractivity contribution in [2.45, 2.75) is 46.1 Å². The number of hydrogen-bond donors (Lipinski definition) is 1. The molecule has 0 fully saturated rings. The minimum Gasteiger partial charge on any atom is -0.349 e. The summed E-state index contributed by atoms with van der Waals surface area (Å²) in [6.45, 7) is 6.59. The number of benzene rings is 1. The molecule has 5 heteroatoms. The molecule has 0 saturated carbocycles. The van der Waals surface area contributed by atoms with Gasteiger partial charge in [-0.25, -0.2) is 4.68 Å². The van der Waals surface area contributed by atoms with Gasteiger partial charge < -0.3 is 5.32 Å². The van der Waals surface area contributed by atoms with Crippen LogP contribution in [-0.4, -0.2) is 20.7 Å². The maximum absolute atomic E-state index is 12.6. The van der Waals surface area contributed by atoms with E-state index in [0.29, 0.717) is 6.42 Å². The van der Waals surface area contributed by atoms with Crippen molar-refractivity contribution in [3.8, 4) is 5.69 Å².